The van der Waals surface area contributed by atoms with Crippen molar-refractivity contribution in [1.82, 2.24) is 10.3 Å². The highest BCUT2D eigenvalue weighted by molar-refractivity contribution is 7.21. The molecule has 7 heteroatoms. The van der Waals surface area contributed by atoms with Gasteiger partial charge in [0.2, 0.25) is 0 Å². The third-order valence-electron chi connectivity index (χ3n) is 4.14. The summed E-state index contributed by atoms with van der Waals surface area (Å²) in [5.41, 5.74) is 2.79. The number of hydrogen-bond acceptors (Lipinski definition) is 4. The van der Waals surface area contributed by atoms with E-state index in [4.69, 9.17) is 11.6 Å². The second-order valence-corrected chi connectivity index (χ2v) is 7.57. The summed E-state index contributed by atoms with van der Waals surface area (Å²) in [4.78, 5) is 16.8. The molecule has 1 heterocycles. The standard InChI is InChI=1S/C21H16ClN3O2S/c22-16-11-14(24-21(27)23-12-13-6-2-1-3-7-13)10-15(19(16)26)20-25-17-8-4-5-9-18(17)28-20/h1-11,26H,12H2,(H2,23,24,27). The minimum absolute atomic E-state index is 0.0593. The number of carbonyl (C=O) groups excluding carboxylic acids is 1. The lowest BCUT2D eigenvalue weighted by atomic mass is 10.2. The van der Waals surface area contributed by atoms with E-state index in [-0.39, 0.29) is 16.8 Å². The highest BCUT2D eigenvalue weighted by atomic mass is 35.5. The van der Waals surface area contributed by atoms with Crippen molar-refractivity contribution in [2.45, 2.75) is 6.54 Å². The average Bonchev–Trinajstić information content (AvgIpc) is 3.14. The van der Waals surface area contributed by atoms with Gasteiger partial charge in [-0.3, -0.25) is 0 Å². The van der Waals surface area contributed by atoms with Gasteiger partial charge in [0.1, 0.15) is 10.8 Å². The molecule has 0 bridgehead atoms. The van der Waals surface area contributed by atoms with Crippen LogP contribution in [0, 0.1) is 0 Å². The van der Waals surface area contributed by atoms with Crippen LogP contribution >= 0.6 is 22.9 Å². The molecule has 4 aromatic rings. The van der Waals surface area contributed by atoms with Gasteiger partial charge in [0.05, 0.1) is 20.8 Å². The number of fused-ring (bicyclic) bond motifs is 1. The molecular formula is C21H16ClN3O2S. The van der Waals surface area contributed by atoms with E-state index in [0.29, 0.717) is 22.8 Å². The molecule has 0 radical (unpaired) electrons. The predicted molar refractivity (Wildman–Crippen MR) is 114 cm³/mol. The van der Waals surface area contributed by atoms with E-state index in [2.05, 4.69) is 15.6 Å². The van der Waals surface area contributed by atoms with E-state index in [0.717, 1.165) is 15.8 Å². The van der Waals surface area contributed by atoms with Gasteiger partial charge in [-0.25, -0.2) is 9.78 Å². The van der Waals surface area contributed by atoms with Crippen LogP contribution < -0.4 is 10.6 Å². The van der Waals surface area contributed by atoms with Gasteiger partial charge in [-0.1, -0.05) is 54.1 Å². The highest BCUT2D eigenvalue weighted by Crippen LogP contribution is 2.41. The normalized spacial score (nSPS) is 10.8. The first-order valence-electron chi connectivity index (χ1n) is 8.57. The van der Waals surface area contributed by atoms with E-state index in [1.165, 1.54) is 17.4 Å². The Morgan fingerprint density at radius 1 is 1.07 bits per heavy atom. The molecule has 0 aliphatic heterocycles. The maximum atomic E-state index is 12.2. The fraction of sp³-hybridized carbons (Fsp3) is 0.0476. The summed E-state index contributed by atoms with van der Waals surface area (Å²) in [6.45, 7) is 0.406. The van der Waals surface area contributed by atoms with Crippen molar-refractivity contribution in [2.75, 3.05) is 5.32 Å². The first-order valence-corrected chi connectivity index (χ1v) is 9.77. The van der Waals surface area contributed by atoms with Crippen molar-refractivity contribution in [3.05, 3.63) is 77.3 Å². The number of amides is 2. The molecule has 4 rings (SSSR count). The summed E-state index contributed by atoms with van der Waals surface area (Å²) < 4.78 is 1.01. The van der Waals surface area contributed by atoms with Crippen molar-refractivity contribution >= 4 is 44.9 Å². The van der Waals surface area contributed by atoms with Crippen molar-refractivity contribution in [3.63, 3.8) is 0 Å². The number of nitrogens with one attached hydrogen (secondary N) is 2. The summed E-state index contributed by atoms with van der Waals surface area (Å²) in [7, 11) is 0. The van der Waals surface area contributed by atoms with Crippen LogP contribution in [0.3, 0.4) is 0 Å². The smallest absolute Gasteiger partial charge is 0.319 e. The van der Waals surface area contributed by atoms with Gasteiger partial charge in [-0.2, -0.15) is 0 Å². The van der Waals surface area contributed by atoms with Gasteiger partial charge in [0, 0.05) is 12.2 Å². The Morgan fingerprint density at radius 3 is 2.61 bits per heavy atom. The van der Waals surface area contributed by atoms with Gasteiger partial charge in [0.15, 0.2) is 0 Å². The lowest BCUT2D eigenvalue weighted by Crippen LogP contribution is -2.28. The fourth-order valence-corrected chi connectivity index (χ4v) is 3.98. The Bertz CT molecular complexity index is 1110. The minimum Gasteiger partial charge on any atom is -0.506 e. The zero-order valence-electron chi connectivity index (χ0n) is 14.6. The van der Waals surface area contributed by atoms with E-state index in [1.807, 2.05) is 54.6 Å². The number of urea groups is 1. The first-order chi connectivity index (χ1) is 13.6. The second kappa shape index (κ2) is 7.88. The van der Waals surface area contributed by atoms with Gasteiger partial charge in [-0.05, 0) is 29.8 Å². The number of phenolic OH excluding ortho intramolecular Hbond substituents is 1. The molecule has 3 N–H and O–H groups in total. The third kappa shape index (κ3) is 3.93. The third-order valence-corrected chi connectivity index (χ3v) is 5.50. The first kappa shape index (κ1) is 18.3. The van der Waals surface area contributed by atoms with Gasteiger partial charge in [0.25, 0.3) is 0 Å². The van der Waals surface area contributed by atoms with Gasteiger partial charge >= 0.3 is 6.03 Å². The summed E-state index contributed by atoms with van der Waals surface area (Å²) in [5.74, 6) is -0.0593. The van der Waals surface area contributed by atoms with E-state index < -0.39 is 0 Å². The zero-order valence-corrected chi connectivity index (χ0v) is 16.2. The van der Waals surface area contributed by atoms with E-state index in [1.54, 1.807) is 6.07 Å². The lowest BCUT2D eigenvalue weighted by molar-refractivity contribution is 0.251. The zero-order chi connectivity index (χ0) is 19.5. The molecule has 0 aliphatic carbocycles. The van der Waals surface area contributed by atoms with Gasteiger partial charge in [-0.15, -0.1) is 11.3 Å². The topological polar surface area (TPSA) is 74.2 Å². The number of rotatable bonds is 4. The summed E-state index contributed by atoms with van der Waals surface area (Å²) in [5, 5.41) is 16.7. The molecule has 0 atom stereocenters. The van der Waals surface area contributed by atoms with Crippen LogP contribution in [0.1, 0.15) is 5.56 Å². The van der Waals surface area contributed by atoms with Crippen LogP contribution in [0.15, 0.2) is 66.7 Å². The molecule has 0 fully saturated rings. The maximum absolute atomic E-state index is 12.2. The van der Waals surface area contributed by atoms with Crippen molar-refractivity contribution in [2.24, 2.45) is 0 Å². The van der Waals surface area contributed by atoms with Crippen molar-refractivity contribution < 1.29 is 9.90 Å². The number of aromatic hydroxyl groups is 1. The number of anilines is 1. The second-order valence-electron chi connectivity index (χ2n) is 6.13. The lowest BCUT2D eigenvalue weighted by Gasteiger charge is -2.11. The molecule has 0 saturated heterocycles. The molecule has 0 saturated carbocycles. The highest BCUT2D eigenvalue weighted by Gasteiger charge is 2.15. The maximum Gasteiger partial charge on any atom is 0.319 e. The summed E-state index contributed by atoms with van der Waals surface area (Å²) in [6.07, 6.45) is 0. The molecule has 3 aromatic carbocycles. The largest absolute Gasteiger partial charge is 0.506 e. The molecule has 0 spiro atoms. The molecule has 0 unspecified atom stereocenters. The number of phenols is 1. The molecule has 0 aliphatic rings. The molecule has 2 amide bonds. The fourth-order valence-electron chi connectivity index (χ4n) is 2.78. The van der Waals surface area contributed by atoms with E-state index >= 15 is 0 Å². The summed E-state index contributed by atoms with van der Waals surface area (Å²) >= 11 is 7.63. The Hall–Kier alpha value is -3.09. The molecular weight excluding hydrogens is 394 g/mol. The van der Waals surface area contributed by atoms with Crippen LogP contribution in [-0.4, -0.2) is 16.1 Å². The number of thiazole rings is 1. The molecule has 5 nitrogen and oxygen atoms in total. The average molecular weight is 410 g/mol. The number of benzene rings is 3. The molecule has 28 heavy (non-hydrogen) atoms. The number of halogens is 1. The Kier molecular flexibility index (Phi) is 5.14. The molecule has 1 aromatic heterocycles. The Balaban J connectivity index is 1.56. The number of hydrogen-bond donors (Lipinski definition) is 3. The monoisotopic (exact) mass is 409 g/mol. The van der Waals surface area contributed by atoms with E-state index in [9.17, 15) is 9.90 Å². The predicted octanol–water partition coefficient (Wildman–Crippen LogP) is 5.64. The molecule has 140 valence electrons. The van der Waals surface area contributed by atoms with Crippen molar-refractivity contribution in [1.29, 1.82) is 0 Å². The Labute approximate surface area is 170 Å². The minimum atomic E-state index is -0.360. The van der Waals surface area contributed by atoms with Crippen LogP contribution in [-0.2, 0) is 6.54 Å². The number of nitrogens with zero attached hydrogens (tertiary/aromatic N) is 1. The van der Waals surface area contributed by atoms with Crippen LogP contribution in [0.25, 0.3) is 20.8 Å². The number of carbonyl (C=O) groups is 1. The Morgan fingerprint density at radius 2 is 1.82 bits per heavy atom. The van der Waals surface area contributed by atoms with Gasteiger partial charge < -0.3 is 15.7 Å². The van der Waals surface area contributed by atoms with Crippen LogP contribution in [0.2, 0.25) is 5.02 Å². The van der Waals surface area contributed by atoms with Crippen LogP contribution in [0.4, 0.5) is 10.5 Å². The summed E-state index contributed by atoms with van der Waals surface area (Å²) in [6, 6.07) is 20.2. The number of para-hydroxylation sites is 1. The van der Waals surface area contributed by atoms with Crippen LogP contribution in [0.5, 0.6) is 5.75 Å². The quantitative estimate of drug-likeness (QED) is 0.381. The SMILES string of the molecule is O=C(NCc1ccccc1)Nc1cc(Cl)c(O)c(-c2nc3ccccc3s2)c1. The number of aromatic nitrogens is 1. The van der Waals surface area contributed by atoms with Crippen molar-refractivity contribution in [3.8, 4) is 16.3 Å².